The van der Waals surface area contributed by atoms with Crippen LogP contribution in [0.1, 0.15) is 32.7 Å². The van der Waals surface area contributed by atoms with Gasteiger partial charge in [0, 0.05) is 29.0 Å². The highest BCUT2D eigenvalue weighted by Crippen LogP contribution is 2.41. The third-order valence-electron chi connectivity index (χ3n) is 5.93. The highest BCUT2D eigenvalue weighted by Gasteiger charge is 2.28. The number of carbonyl (C=O) groups is 2. The maximum Gasteiger partial charge on any atom is 0.258 e. The molecule has 2 amide bonds. The topological polar surface area (TPSA) is 77.1 Å². The van der Waals surface area contributed by atoms with Crippen LogP contribution < -0.4 is 24.4 Å². The lowest BCUT2D eigenvalue weighted by molar-refractivity contribution is 0.0982. The van der Waals surface area contributed by atoms with Crippen molar-refractivity contribution in [3.05, 3.63) is 77.1 Å². The van der Waals surface area contributed by atoms with Crippen molar-refractivity contribution in [2.45, 2.75) is 12.8 Å². The Hall–Kier alpha value is -4.07. The van der Waals surface area contributed by atoms with Crippen LogP contribution in [-0.4, -0.2) is 38.7 Å². The van der Waals surface area contributed by atoms with Gasteiger partial charge in [0.15, 0.2) is 11.5 Å². The lowest BCUT2D eigenvalue weighted by atomic mass is 9.98. The van der Waals surface area contributed by atoms with E-state index in [9.17, 15) is 14.0 Å². The minimum Gasteiger partial charge on any atom is -0.493 e. The average Bonchev–Trinajstić information content (AvgIpc) is 2.87. The average molecular weight is 462 g/mol. The van der Waals surface area contributed by atoms with Crippen molar-refractivity contribution in [1.82, 2.24) is 0 Å². The molecule has 1 N–H and O–H groups in total. The van der Waals surface area contributed by atoms with Gasteiger partial charge in [-0.1, -0.05) is 6.07 Å². The summed E-state index contributed by atoms with van der Waals surface area (Å²) in [6.07, 6.45) is 1.45. The van der Waals surface area contributed by atoms with Crippen molar-refractivity contribution < 1.29 is 28.2 Å². The molecule has 0 fully saturated rings. The lowest BCUT2D eigenvalue weighted by Gasteiger charge is -2.31. The van der Waals surface area contributed by atoms with Crippen LogP contribution in [0.3, 0.4) is 0 Å². The van der Waals surface area contributed by atoms with Gasteiger partial charge in [-0.15, -0.1) is 0 Å². The van der Waals surface area contributed by atoms with Gasteiger partial charge in [0.2, 0.25) is 5.75 Å². The van der Waals surface area contributed by atoms with Gasteiger partial charge >= 0.3 is 0 Å². The Morgan fingerprint density at radius 3 is 2.62 bits per heavy atom. The van der Waals surface area contributed by atoms with Crippen LogP contribution in [0.4, 0.5) is 15.8 Å². The summed E-state index contributed by atoms with van der Waals surface area (Å²) < 4.78 is 30.0. The second-order valence-electron chi connectivity index (χ2n) is 8.03. The first kappa shape index (κ1) is 21.8. The number of hydrogen-bond donors (Lipinski definition) is 1. The summed E-state index contributed by atoms with van der Waals surface area (Å²) in [4.78, 5) is 28.0. The van der Waals surface area contributed by atoms with E-state index in [2.05, 4.69) is 5.32 Å². The van der Waals surface area contributed by atoms with Gasteiger partial charge in [-0.25, -0.2) is 4.39 Å². The summed E-state index contributed by atoms with van der Waals surface area (Å²) in [6.45, 7) is 1.36. The molecule has 0 atom stereocenters. The number of fused-ring (bicyclic) bond motifs is 2. The molecule has 8 heteroatoms. The summed E-state index contributed by atoms with van der Waals surface area (Å²) in [5.74, 6) is 0.477. The van der Waals surface area contributed by atoms with Crippen LogP contribution in [0, 0.1) is 5.82 Å². The molecule has 34 heavy (non-hydrogen) atoms. The van der Waals surface area contributed by atoms with E-state index in [1.54, 1.807) is 29.2 Å². The van der Waals surface area contributed by atoms with E-state index in [1.165, 1.54) is 31.4 Å². The van der Waals surface area contributed by atoms with E-state index >= 15 is 0 Å². The molecule has 7 nitrogen and oxygen atoms in total. The Kier molecular flexibility index (Phi) is 5.79. The molecule has 3 aromatic rings. The molecular formula is C26H23FN2O5. The standard InChI is InChI=1S/C26H23FN2O5/c1-32-22-14-17(15-23-24(22)34-13-12-33-23)26(31)29-11-3-4-19-20(5-2-6-21(19)29)28-25(30)16-7-9-18(27)10-8-16/h2,5-10,14-15H,3-4,11-13H2,1H3,(H,28,30). The summed E-state index contributed by atoms with van der Waals surface area (Å²) in [5, 5.41) is 2.91. The van der Waals surface area contributed by atoms with Crippen LogP contribution >= 0.6 is 0 Å². The molecule has 0 aliphatic carbocycles. The van der Waals surface area contributed by atoms with Crippen molar-refractivity contribution in [3.8, 4) is 17.2 Å². The van der Waals surface area contributed by atoms with Crippen LogP contribution in [0.25, 0.3) is 0 Å². The smallest absolute Gasteiger partial charge is 0.258 e. The van der Waals surface area contributed by atoms with E-state index in [4.69, 9.17) is 14.2 Å². The molecule has 5 rings (SSSR count). The summed E-state index contributed by atoms with van der Waals surface area (Å²) in [5.41, 5.74) is 3.02. The van der Waals surface area contributed by atoms with Crippen LogP contribution in [0.15, 0.2) is 54.6 Å². The SMILES string of the molecule is COc1cc(C(=O)N2CCCc3c(NC(=O)c4ccc(F)cc4)cccc32)cc2c1OCCO2. The summed E-state index contributed by atoms with van der Waals surface area (Å²) >= 11 is 0. The number of amides is 2. The Bertz CT molecular complexity index is 1240. The second kappa shape index (κ2) is 9.05. The van der Waals surface area contributed by atoms with Gasteiger partial charge in [-0.05, 0) is 66.9 Å². The van der Waals surface area contributed by atoms with Crippen LogP contribution in [-0.2, 0) is 6.42 Å². The Labute approximate surface area is 196 Å². The number of nitrogens with zero attached hydrogens (tertiary/aromatic N) is 1. The molecular weight excluding hydrogens is 439 g/mol. The first-order valence-corrected chi connectivity index (χ1v) is 11.0. The van der Waals surface area contributed by atoms with Gasteiger partial charge in [-0.2, -0.15) is 0 Å². The zero-order valence-electron chi connectivity index (χ0n) is 18.6. The number of methoxy groups -OCH3 is 1. The number of carbonyl (C=O) groups excluding carboxylic acids is 2. The Morgan fingerprint density at radius 1 is 1.03 bits per heavy atom. The van der Waals surface area contributed by atoms with Gasteiger partial charge < -0.3 is 24.4 Å². The highest BCUT2D eigenvalue weighted by atomic mass is 19.1. The first-order valence-electron chi connectivity index (χ1n) is 11.0. The van der Waals surface area contributed by atoms with E-state index < -0.39 is 5.82 Å². The van der Waals surface area contributed by atoms with Crippen molar-refractivity contribution in [2.24, 2.45) is 0 Å². The number of hydrogen-bond acceptors (Lipinski definition) is 5. The third kappa shape index (κ3) is 4.03. The fourth-order valence-electron chi connectivity index (χ4n) is 4.30. The van der Waals surface area contributed by atoms with E-state index in [-0.39, 0.29) is 11.8 Å². The quantitative estimate of drug-likeness (QED) is 0.620. The third-order valence-corrected chi connectivity index (χ3v) is 5.93. The number of nitrogens with one attached hydrogen (secondary N) is 1. The fraction of sp³-hybridized carbons (Fsp3) is 0.231. The normalized spacial score (nSPS) is 14.2. The molecule has 0 radical (unpaired) electrons. The fourth-order valence-corrected chi connectivity index (χ4v) is 4.30. The van der Waals surface area contributed by atoms with Crippen molar-refractivity contribution in [1.29, 1.82) is 0 Å². The molecule has 0 spiro atoms. The maximum absolute atomic E-state index is 13.6. The van der Waals surface area contributed by atoms with Crippen LogP contribution in [0.2, 0.25) is 0 Å². The van der Waals surface area contributed by atoms with E-state index in [1.807, 2.05) is 6.07 Å². The predicted octanol–water partition coefficient (Wildman–Crippen LogP) is 4.45. The minimum absolute atomic E-state index is 0.196. The zero-order valence-corrected chi connectivity index (χ0v) is 18.6. The number of halogens is 1. The molecule has 0 saturated heterocycles. The number of benzene rings is 3. The molecule has 2 aliphatic heterocycles. The van der Waals surface area contributed by atoms with Crippen molar-refractivity contribution >= 4 is 23.2 Å². The molecule has 0 unspecified atom stereocenters. The minimum atomic E-state index is -0.404. The van der Waals surface area contributed by atoms with E-state index in [0.29, 0.717) is 60.2 Å². The Morgan fingerprint density at radius 2 is 1.82 bits per heavy atom. The second-order valence-corrected chi connectivity index (χ2v) is 8.03. The maximum atomic E-state index is 13.6. The zero-order chi connectivity index (χ0) is 23.7. The van der Waals surface area contributed by atoms with Gasteiger partial charge in [0.05, 0.1) is 7.11 Å². The van der Waals surface area contributed by atoms with Crippen LogP contribution in [0.5, 0.6) is 17.2 Å². The van der Waals surface area contributed by atoms with Crippen molar-refractivity contribution in [2.75, 3.05) is 37.1 Å². The predicted molar refractivity (Wildman–Crippen MR) is 125 cm³/mol. The molecule has 3 aromatic carbocycles. The molecule has 0 saturated carbocycles. The largest absolute Gasteiger partial charge is 0.493 e. The molecule has 2 heterocycles. The monoisotopic (exact) mass is 462 g/mol. The lowest BCUT2D eigenvalue weighted by Crippen LogP contribution is -2.36. The van der Waals surface area contributed by atoms with Gasteiger partial charge in [0.25, 0.3) is 11.8 Å². The van der Waals surface area contributed by atoms with Crippen molar-refractivity contribution in [3.63, 3.8) is 0 Å². The number of rotatable bonds is 4. The highest BCUT2D eigenvalue weighted by molar-refractivity contribution is 6.09. The molecule has 0 aromatic heterocycles. The summed E-state index contributed by atoms with van der Waals surface area (Å²) in [6, 6.07) is 14.2. The first-order chi connectivity index (χ1) is 16.5. The van der Waals surface area contributed by atoms with Gasteiger partial charge in [-0.3, -0.25) is 9.59 Å². The number of anilines is 2. The molecule has 174 valence electrons. The summed E-state index contributed by atoms with van der Waals surface area (Å²) in [7, 11) is 1.52. The number of ether oxygens (including phenoxy) is 3. The van der Waals surface area contributed by atoms with E-state index in [0.717, 1.165) is 17.7 Å². The van der Waals surface area contributed by atoms with Gasteiger partial charge in [0.1, 0.15) is 19.0 Å². The Balaban J connectivity index is 1.45. The molecule has 2 aliphatic rings. The molecule has 0 bridgehead atoms.